The molecule has 0 aliphatic heterocycles. The largest absolute Gasteiger partial charge is 0.416 e. The minimum Gasteiger partial charge on any atom is -0.352 e. The van der Waals surface area contributed by atoms with Gasteiger partial charge in [0.05, 0.1) is 33.2 Å². The zero-order valence-electron chi connectivity index (χ0n) is 22.9. The first kappa shape index (κ1) is 34.3. The Morgan fingerprint density at radius 3 is 1.62 bits per heavy atom. The first-order valence-corrected chi connectivity index (χ1v) is 14.9. The number of H-pyrrole nitrogens is 2. The van der Waals surface area contributed by atoms with E-state index in [0.29, 0.717) is 23.3 Å². The van der Waals surface area contributed by atoms with Crippen LogP contribution in [0.1, 0.15) is 22.3 Å². The Hall–Kier alpha value is -3.59. The van der Waals surface area contributed by atoms with Gasteiger partial charge in [-0.05, 0) is 83.4 Å². The summed E-state index contributed by atoms with van der Waals surface area (Å²) in [5, 5.41) is 3.49. The van der Waals surface area contributed by atoms with Gasteiger partial charge in [0.2, 0.25) is 11.2 Å². The van der Waals surface area contributed by atoms with E-state index in [9.17, 15) is 26.3 Å². The molecule has 45 heavy (non-hydrogen) atoms. The van der Waals surface area contributed by atoms with Gasteiger partial charge in [-0.1, -0.05) is 56.1 Å². The van der Waals surface area contributed by atoms with Crippen LogP contribution in [0, 0.1) is 0 Å². The van der Waals surface area contributed by atoms with Crippen molar-refractivity contribution in [3.63, 3.8) is 0 Å². The summed E-state index contributed by atoms with van der Waals surface area (Å²) < 4.78 is 75.4. The maximum atomic E-state index is 12.5. The summed E-state index contributed by atoms with van der Waals surface area (Å²) in [7, 11) is 0. The van der Waals surface area contributed by atoms with Gasteiger partial charge in [0.25, 0.3) is 0 Å². The zero-order valence-corrected chi connectivity index (χ0v) is 26.8. The normalized spacial score (nSPS) is 11.5. The summed E-state index contributed by atoms with van der Waals surface area (Å²) >= 11 is 12.4. The molecule has 15 heteroatoms. The number of anilines is 1. The smallest absolute Gasteiger partial charge is 0.352 e. The van der Waals surface area contributed by atoms with Gasteiger partial charge in [0.15, 0.2) is 0 Å². The minimum atomic E-state index is -4.31. The minimum absolute atomic E-state index is 0.262. The van der Waals surface area contributed by atoms with Crippen molar-refractivity contribution in [1.29, 1.82) is 0 Å². The quantitative estimate of drug-likeness (QED) is 0.134. The molecule has 0 aliphatic carbocycles. The molecule has 0 fully saturated rings. The Labute approximate surface area is 274 Å². The third-order valence-electron chi connectivity index (χ3n) is 6.12. The van der Waals surface area contributed by atoms with Crippen LogP contribution in [0.4, 0.5) is 32.3 Å². The van der Waals surface area contributed by atoms with Crippen LogP contribution in [0.2, 0.25) is 5.28 Å². The Morgan fingerprint density at radius 2 is 1.13 bits per heavy atom. The van der Waals surface area contributed by atoms with E-state index in [1.54, 1.807) is 0 Å². The molecule has 0 bridgehead atoms. The Bertz CT molecular complexity index is 1850. The standard InChI is InChI=1S/C15H11BrF3N3.C8H8F3N.C7H4BrClN2/c16-11-5-6-12-13(7-11)22-14(21-12)20-8-9-1-3-10(4-2-9)15(17,18)19;9-8(10,11)7-3-1-6(5-12)2-4-7;8-4-1-2-5-6(3-4)11-7(9)10-5/h1-7H,8H2,(H2,20,21,22);1-4H,5,12H2;1-3H,(H,10,11). The van der Waals surface area contributed by atoms with Crippen molar-refractivity contribution < 1.29 is 26.3 Å². The summed E-state index contributed by atoms with van der Waals surface area (Å²) in [5.41, 5.74) is 8.91. The van der Waals surface area contributed by atoms with Crippen LogP contribution >= 0.6 is 43.5 Å². The lowest BCUT2D eigenvalue weighted by Crippen LogP contribution is -2.06. The van der Waals surface area contributed by atoms with Gasteiger partial charge in [0.1, 0.15) is 0 Å². The van der Waals surface area contributed by atoms with E-state index in [4.69, 9.17) is 17.3 Å². The van der Waals surface area contributed by atoms with Gasteiger partial charge in [0, 0.05) is 22.0 Å². The third kappa shape index (κ3) is 9.95. The summed E-state index contributed by atoms with van der Waals surface area (Å²) in [4.78, 5) is 14.4. The van der Waals surface area contributed by atoms with Crippen LogP contribution in [0.5, 0.6) is 0 Å². The highest BCUT2D eigenvalue weighted by molar-refractivity contribution is 9.10. The van der Waals surface area contributed by atoms with E-state index in [1.807, 2.05) is 36.4 Å². The van der Waals surface area contributed by atoms with Crippen molar-refractivity contribution in [2.45, 2.75) is 25.4 Å². The average Bonchev–Trinajstić information content (AvgIpc) is 3.57. The number of halogens is 9. The van der Waals surface area contributed by atoms with Crippen LogP contribution in [-0.4, -0.2) is 19.9 Å². The molecule has 0 amide bonds. The lowest BCUT2D eigenvalue weighted by atomic mass is 10.1. The molecule has 6 rings (SSSR count). The molecule has 0 aliphatic rings. The molecule has 0 spiro atoms. The number of nitrogens with two attached hydrogens (primary N) is 1. The van der Waals surface area contributed by atoms with Crippen LogP contribution in [0.25, 0.3) is 22.1 Å². The molecule has 5 N–H and O–H groups in total. The van der Waals surface area contributed by atoms with E-state index in [2.05, 4.69) is 57.1 Å². The monoisotopic (exact) mass is 774 g/mol. The second-order valence-electron chi connectivity index (χ2n) is 9.38. The van der Waals surface area contributed by atoms with Crippen molar-refractivity contribution >= 4 is 71.5 Å². The maximum absolute atomic E-state index is 12.5. The summed E-state index contributed by atoms with van der Waals surface area (Å²) in [6, 6.07) is 21.3. The number of alkyl halides is 6. The number of hydrogen-bond donors (Lipinski definition) is 4. The molecule has 0 saturated carbocycles. The SMILES string of the molecule is Clc1nc2ccc(Br)cc2[nH]1.FC(F)(F)c1ccc(CNc2nc3ccc(Br)cc3[nH]2)cc1.NCc1ccc(C(F)(F)F)cc1. The van der Waals surface area contributed by atoms with Gasteiger partial charge >= 0.3 is 12.4 Å². The molecule has 4 aromatic carbocycles. The Kier molecular flexibility index (Phi) is 11.2. The van der Waals surface area contributed by atoms with E-state index in [-0.39, 0.29) is 6.54 Å². The number of aromatic amines is 2. The highest BCUT2D eigenvalue weighted by atomic mass is 79.9. The lowest BCUT2D eigenvalue weighted by molar-refractivity contribution is -0.138. The molecule has 0 atom stereocenters. The number of imidazole rings is 2. The molecule has 0 unspecified atom stereocenters. The summed E-state index contributed by atoms with van der Waals surface area (Å²) in [6.45, 7) is 0.650. The number of nitrogens with one attached hydrogen (secondary N) is 3. The van der Waals surface area contributed by atoms with E-state index in [0.717, 1.165) is 60.8 Å². The van der Waals surface area contributed by atoms with Crippen molar-refractivity contribution in [2.75, 3.05) is 5.32 Å². The number of rotatable bonds is 4. The molecule has 6 aromatic rings. The molecule has 6 nitrogen and oxygen atoms in total. The van der Waals surface area contributed by atoms with Crippen LogP contribution in [0.15, 0.2) is 93.9 Å². The number of nitrogens with zero attached hydrogens (tertiary/aromatic N) is 2. The lowest BCUT2D eigenvalue weighted by Gasteiger charge is -2.08. The van der Waals surface area contributed by atoms with Gasteiger partial charge in [-0.25, -0.2) is 9.97 Å². The molecule has 236 valence electrons. The fraction of sp³-hybridized carbons (Fsp3) is 0.133. The first-order valence-electron chi connectivity index (χ1n) is 12.9. The fourth-order valence-corrected chi connectivity index (χ4v) is 4.76. The number of aromatic nitrogens is 4. The van der Waals surface area contributed by atoms with Crippen molar-refractivity contribution in [3.8, 4) is 0 Å². The average molecular weight is 777 g/mol. The third-order valence-corrected chi connectivity index (χ3v) is 7.28. The molecule has 2 heterocycles. The fourth-order valence-electron chi connectivity index (χ4n) is 3.84. The van der Waals surface area contributed by atoms with Crippen LogP contribution in [0.3, 0.4) is 0 Å². The second-order valence-corrected chi connectivity index (χ2v) is 11.6. The number of hydrogen-bond acceptors (Lipinski definition) is 4. The molecule has 0 radical (unpaired) electrons. The highest BCUT2D eigenvalue weighted by Gasteiger charge is 2.30. The Morgan fingerprint density at radius 1 is 0.667 bits per heavy atom. The van der Waals surface area contributed by atoms with Gasteiger partial charge in [-0.3, -0.25) is 0 Å². The van der Waals surface area contributed by atoms with E-state index in [1.165, 1.54) is 24.3 Å². The van der Waals surface area contributed by atoms with E-state index >= 15 is 0 Å². The van der Waals surface area contributed by atoms with Crippen molar-refractivity contribution in [3.05, 3.63) is 121 Å². The maximum Gasteiger partial charge on any atom is 0.416 e. The summed E-state index contributed by atoms with van der Waals surface area (Å²) in [5.74, 6) is 0.577. The number of benzene rings is 4. The predicted molar refractivity (Wildman–Crippen MR) is 171 cm³/mol. The predicted octanol–water partition coefficient (Wildman–Crippen LogP) is 10.1. The van der Waals surface area contributed by atoms with Crippen LogP contribution < -0.4 is 11.1 Å². The van der Waals surface area contributed by atoms with Gasteiger partial charge in [-0.15, -0.1) is 0 Å². The first-order chi connectivity index (χ1) is 21.2. The highest BCUT2D eigenvalue weighted by Crippen LogP contribution is 2.30. The van der Waals surface area contributed by atoms with Gasteiger partial charge in [-0.2, -0.15) is 26.3 Å². The van der Waals surface area contributed by atoms with Gasteiger partial charge < -0.3 is 21.0 Å². The van der Waals surface area contributed by atoms with E-state index < -0.39 is 23.5 Å². The summed E-state index contributed by atoms with van der Waals surface area (Å²) in [6.07, 6.45) is -8.56. The topological polar surface area (TPSA) is 95.4 Å². The molecular weight excluding hydrogens is 754 g/mol. The molecule has 0 saturated heterocycles. The second kappa shape index (κ2) is 14.7. The van der Waals surface area contributed by atoms with Crippen LogP contribution in [-0.2, 0) is 25.4 Å². The van der Waals surface area contributed by atoms with Crippen molar-refractivity contribution in [1.82, 2.24) is 19.9 Å². The van der Waals surface area contributed by atoms with Crippen molar-refractivity contribution in [2.24, 2.45) is 5.73 Å². The molecule has 2 aromatic heterocycles. The number of fused-ring (bicyclic) bond motifs is 2. The molecular formula is C30H23Br2ClF6N6. The zero-order chi connectivity index (χ0) is 32.8. The Balaban J connectivity index is 0.000000169.